The third kappa shape index (κ3) is 5.09. The van der Waals surface area contributed by atoms with E-state index in [-0.39, 0.29) is 18.0 Å². The van der Waals surface area contributed by atoms with Crippen LogP contribution in [0.25, 0.3) is 22.2 Å². The summed E-state index contributed by atoms with van der Waals surface area (Å²) in [4.78, 5) is 26.2. The van der Waals surface area contributed by atoms with Gasteiger partial charge in [0.05, 0.1) is 22.5 Å². The Kier molecular flexibility index (Phi) is 6.34. The highest BCUT2D eigenvalue weighted by atomic mass is 35.5. The van der Waals surface area contributed by atoms with Gasteiger partial charge in [-0.3, -0.25) is 9.79 Å². The number of carbonyl (C=O) groups excluding carboxylic acids is 1. The lowest BCUT2D eigenvalue weighted by Gasteiger charge is -2.30. The Morgan fingerprint density at radius 1 is 1.26 bits per heavy atom. The summed E-state index contributed by atoms with van der Waals surface area (Å²) in [5, 5.41) is 8.21. The van der Waals surface area contributed by atoms with Crippen LogP contribution in [0.2, 0.25) is 5.02 Å². The van der Waals surface area contributed by atoms with Crippen molar-refractivity contribution in [2.75, 3.05) is 5.32 Å². The van der Waals surface area contributed by atoms with Gasteiger partial charge in [0.15, 0.2) is 0 Å². The van der Waals surface area contributed by atoms with Crippen molar-refractivity contribution in [1.29, 1.82) is 0 Å². The standard InChI is InChI=1S/C26H30ClN7O/c1-26(28)11-9-21(30-15-26)24(35)31-16-5-3-6-17(13-16)32-25-29-14-20(27)23(33-25)19-7-4-8-22-18(19)10-12-34(22)2/h4,7-10,12,14-17H,3,5-6,11,13,28H2,1-2H3,(H,31,35)(H,29,32,33)/t16-,17+,26?/m0/s1. The second kappa shape index (κ2) is 9.43. The molecule has 0 spiro atoms. The van der Waals surface area contributed by atoms with Crippen LogP contribution >= 0.6 is 11.6 Å². The molecule has 3 atom stereocenters. The molecule has 2 aliphatic rings. The van der Waals surface area contributed by atoms with E-state index in [1.165, 1.54) is 0 Å². The molecule has 1 aliphatic carbocycles. The molecule has 1 aromatic carbocycles. The second-order valence-corrected chi connectivity index (χ2v) is 10.2. The van der Waals surface area contributed by atoms with Gasteiger partial charge in [0, 0.05) is 48.0 Å². The number of hydrogen-bond donors (Lipinski definition) is 3. The van der Waals surface area contributed by atoms with E-state index in [1.807, 2.05) is 38.4 Å². The van der Waals surface area contributed by atoms with E-state index in [4.69, 9.17) is 22.3 Å². The molecule has 0 saturated heterocycles. The Bertz CT molecular complexity index is 1330. The Balaban J connectivity index is 1.28. The predicted molar refractivity (Wildman–Crippen MR) is 141 cm³/mol. The van der Waals surface area contributed by atoms with Gasteiger partial charge < -0.3 is 20.9 Å². The fourth-order valence-electron chi connectivity index (χ4n) is 4.82. The molecule has 8 nitrogen and oxygen atoms in total. The van der Waals surface area contributed by atoms with E-state index >= 15 is 0 Å². The molecule has 1 fully saturated rings. The Morgan fingerprint density at radius 3 is 2.89 bits per heavy atom. The number of nitrogens with one attached hydrogen (secondary N) is 2. The minimum atomic E-state index is -0.493. The highest BCUT2D eigenvalue weighted by Gasteiger charge is 2.27. The number of halogens is 1. The van der Waals surface area contributed by atoms with Gasteiger partial charge in [0.2, 0.25) is 5.95 Å². The van der Waals surface area contributed by atoms with Crippen LogP contribution in [0.4, 0.5) is 5.95 Å². The van der Waals surface area contributed by atoms with Crippen LogP contribution in [0, 0.1) is 0 Å². The lowest BCUT2D eigenvalue weighted by Crippen LogP contribution is -2.43. The number of aryl methyl sites for hydroxylation is 1. The molecule has 0 bridgehead atoms. The number of benzene rings is 1. The molecule has 1 aliphatic heterocycles. The summed E-state index contributed by atoms with van der Waals surface area (Å²) in [5.41, 5.74) is 8.78. The second-order valence-electron chi connectivity index (χ2n) is 9.79. The molecule has 1 saturated carbocycles. The first kappa shape index (κ1) is 23.5. The summed E-state index contributed by atoms with van der Waals surface area (Å²) < 4.78 is 2.08. The predicted octanol–water partition coefficient (Wildman–Crippen LogP) is 4.20. The summed E-state index contributed by atoms with van der Waals surface area (Å²) in [6.07, 6.45) is 11.4. The van der Waals surface area contributed by atoms with Crippen LogP contribution in [0.15, 0.2) is 53.4 Å². The van der Waals surface area contributed by atoms with E-state index in [9.17, 15) is 4.79 Å². The van der Waals surface area contributed by atoms with Crippen LogP contribution < -0.4 is 16.4 Å². The molecule has 5 rings (SSSR count). The number of nitrogens with zero attached hydrogens (tertiary/aromatic N) is 4. The summed E-state index contributed by atoms with van der Waals surface area (Å²) in [6.45, 7) is 1.89. The number of carbonyl (C=O) groups is 1. The third-order valence-corrected chi connectivity index (χ3v) is 7.01. The van der Waals surface area contributed by atoms with Crippen molar-refractivity contribution >= 4 is 40.6 Å². The monoisotopic (exact) mass is 491 g/mol. The highest BCUT2D eigenvalue weighted by molar-refractivity contribution is 6.33. The highest BCUT2D eigenvalue weighted by Crippen LogP contribution is 2.33. The first-order valence-electron chi connectivity index (χ1n) is 12.0. The summed E-state index contributed by atoms with van der Waals surface area (Å²) in [6, 6.07) is 8.39. The van der Waals surface area contributed by atoms with Crippen LogP contribution in [0.3, 0.4) is 0 Å². The van der Waals surface area contributed by atoms with Gasteiger partial charge >= 0.3 is 0 Å². The van der Waals surface area contributed by atoms with Gasteiger partial charge in [-0.1, -0.05) is 29.8 Å². The lowest BCUT2D eigenvalue weighted by atomic mass is 9.90. The van der Waals surface area contributed by atoms with Crippen LogP contribution in [0.1, 0.15) is 39.0 Å². The van der Waals surface area contributed by atoms with E-state index in [1.54, 1.807) is 12.4 Å². The molecule has 3 aromatic rings. The van der Waals surface area contributed by atoms with Gasteiger partial charge in [-0.05, 0) is 51.2 Å². The summed E-state index contributed by atoms with van der Waals surface area (Å²) in [5.74, 6) is 0.388. The molecular formula is C26H30ClN7O. The van der Waals surface area contributed by atoms with Crippen molar-refractivity contribution in [3.8, 4) is 11.3 Å². The molecule has 35 heavy (non-hydrogen) atoms. The van der Waals surface area contributed by atoms with E-state index in [0.717, 1.165) is 42.1 Å². The largest absolute Gasteiger partial charge is 0.351 e. The Labute approximate surface area is 209 Å². The number of rotatable bonds is 5. The zero-order valence-electron chi connectivity index (χ0n) is 20.0. The van der Waals surface area contributed by atoms with E-state index < -0.39 is 5.54 Å². The van der Waals surface area contributed by atoms with Crippen molar-refractivity contribution < 1.29 is 4.79 Å². The number of hydrogen-bond acceptors (Lipinski definition) is 6. The summed E-state index contributed by atoms with van der Waals surface area (Å²) in [7, 11) is 2.02. The molecule has 0 radical (unpaired) electrons. The smallest absolute Gasteiger partial charge is 0.269 e. The average Bonchev–Trinajstić information content (AvgIpc) is 3.21. The average molecular weight is 492 g/mol. The topological polar surface area (TPSA) is 110 Å². The zero-order valence-corrected chi connectivity index (χ0v) is 20.7. The molecule has 9 heteroatoms. The van der Waals surface area contributed by atoms with E-state index in [2.05, 4.69) is 37.3 Å². The third-order valence-electron chi connectivity index (χ3n) is 6.74. The maximum atomic E-state index is 12.7. The number of amides is 1. The number of aliphatic imine (C=N–C) groups is 1. The molecule has 3 heterocycles. The first-order valence-corrected chi connectivity index (χ1v) is 12.4. The molecule has 1 amide bonds. The van der Waals surface area contributed by atoms with Crippen LogP contribution in [-0.4, -0.2) is 44.3 Å². The zero-order chi connectivity index (χ0) is 24.6. The molecule has 2 aromatic heterocycles. The lowest BCUT2D eigenvalue weighted by molar-refractivity contribution is -0.118. The number of fused-ring (bicyclic) bond motifs is 1. The number of nitrogens with two attached hydrogens (primary N) is 1. The van der Waals surface area contributed by atoms with Crippen LogP contribution in [-0.2, 0) is 11.8 Å². The Morgan fingerprint density at radius 2 is 2.09 bits per heavy atom. The van der Waals surface area contributed by atoms with Gasteiger partial charge in [0.1, 0.15) is 5.70 Å². The number of anilines is 1. The SMILES string of the molecule is Cn1ccc2c(-c3nc(N[C@@H]4CCC[C@H](NC(=O)C5=CCC(C)(N)C=N5)C4)ncc3Cl)cccc21. The Hall–Kier alpha value is -3.23. The van der Waals surface area contributed by atoms with Crippen molar-refractivity contribution in [2.24, 2.45) is 17.8 Å². The fourth-order valence-corrected chi connectivity index (χ4v) is 5.01. The van der Waals surface area contributed by atoms with Crippen LogP contribution in [0.5, 0.6) is 0 Å². The maximum absolute atomic E-state index is 12.7. The van der Waals surface area contributed by atoms with Crippen molar-refractivity contribution in [3.05, 3.63) is 53.5 Å². The summed E-state index contributed by atoms with van der Waals surface area (Å²) >= 11 is 6.52. The van der Waals surface area contributed by atoms with Gasteiger partial charge in [-0.15, -0.1) is 0 Å². The first-order chi connectivity index (χ1) is 16.8. The van der Waals surface area contributed by atoms with Gasteiger partial charge in [0.25, 0.3) is 5.91 Å². The maximum Gasteiger partial charge on any atom is 0.269 e. The van der Waals surface area contributed by atoms with Gasteiger partial charge in [-0.25, -0.2) is 9.97 Å². The number of aromatic nitrogens is 3. The van der Waals surface area contributed by atoms with Crippen molar-refractivity contribution in [1.82, 2.24) is 19.9 Å². The molecule has 4 N–H and O–H groups in total. The molecule has 182 valence electrons. The normalized spacial score (nSPS) is 24.3. The minimum absolute atomic E-state index is 0.0564. The van der Waals surface area contributed by atoms with Gasteiger partial charge in [-0.2, -0.15) is 0 Å². The van der Waals surface area contributed by atoms with Crippen molar-refractivity contribution in [3.63, 3.8) is 0 Å². The quantitative estimate of drug-likeness (QED) is 0.495. The molecular weight excluding hydrogens is 462 g/mol. The fraction of sp³-hybridized carbons (Fsp3) is 0.385. The minimum Gasteiger partial charge on any atom is -0.351 e. The molecule has 1 unspecified atom stereocenters. The van der Waals surface area contributed by atoms with Crippen molar-refractivity contribution in [2.45, 2.75) is 56.7 Å². The van der Waals surface area contributed by atoms with E-state index in [0.29, 0.717) is 28.8 Å².